The Hall–Kier alpha value is -0.840. The predicted octanol–water partition coefficient (Wildman–Crippen LogP) is 3.23. The third kappa shape index (κ3) is 4.34. The lowest BCUT2D eigenvalue weighted by atomic mass is 9.92. The highest BCUT2D eigenvalue weighted by atomic mass is 35.5. The Morgan fingerprint density at radius 1 is 1.53 bits per heavy atom. The van der Waals surface area contributed by atoms with Crippen molar-refractivity contribution in [1.82, 2.24) is 5.32 Å². The summed E-state index contributed by atoms with van der Waals surface area (Å²) < 4.78 is 13.5. The molecule has 0 spiro atoms. The summed E-state index contributed by atoms with van der Waals surface area (Å²) in [5.74, 6) is -0.682. The zero-order valence-corrected chi connectivity index (χ0v) is 12.2. The van der Waals surface area contributed by atoms with Gasteiger partial charge < -0.3 is 10.6 Å². The molecule has 1 aliphatic rings. The monoisotopic (exact) mass is 306 g/mol. The quantitative estimate of drug-likeness (QED) is 0.881. The molecule has 2 N–H and O–H groups in total. The Kier molecular flexibility index (Phi) is 6.04. The van der Waals surface area contributed by atoms with Gasteiger partial charge >= 0.3 is 0 Å². The molecule has 0 bridgehead atoms. The summed E-state index contributed by atoms with van der Waals surface area (Å²) in [6, 6.07) is 4.57. The summed E-state index contributed by atoms with van der Waals surface area (Å²) in [5, 5.41) is 6.23. The smallest absolute Gasteiger partial charge is 0.227 e. The molecule has 1 saturated heterocycles. The first-order chi connectivity index (χ1) is 8.56. The Labute approximate surface area is 123 Å². The third-order valence-electron chi connectivity index (χ3n) is 3.18. The number of carbonyl (C=O) groups excluding carboxylic acids is 1. The fourth-order valence-corrected chi connectivity index (χ4v) is 2.35. The maximum atomic E-state index is 13.5. The standard InChI is InChI=1S/C13H16ClFN2O.ClH/c1-8-6-9(4-5-16-8)13(18)17-12-3-2-10(14)7-11(12)15;/h2-3,7-9,16H,4-6H2,1H3,(H,17,18);1H/t8-,9-;/m0./s1. The largest absolute Gasteiger partial charge is 0.323 e. The number of carbonyl (C=O) groups is 1. The van der Waals surface area contributed by atoms with Crippen LogP contribution in [0.5, 0.6) is 0 Å². The van der Waals surface area contributed by atoms with Crippen LogP contribution in [0, 0.1) is 11.7 Å². The molecule has 0 unspecified atom stereocenters. The van der Waals surface area contributed by atoms with E-state index >= 15 is 0 Å². The summed E-state index contributed by atoms with van der Waals surface area (Å²) in [4.78, 5) is 12.0. The van der Waals surface area contributed by atoms with Gasteiger partial charge in [0.15, 0.2) is 0 Å². The molecule has 106 valence electrons. The van der Waals surface area contributed by atoms with Gasteiger partial charge in [-0.05, 0) is 44.5 Å². The second-order valence-corrected chi connectivity index (χ2v) is 5.13. The third-order valence-corrected chi connectivity index (χ3v) is 3.42. The van der Waals surface area contributed by atoms with Crippen LogP contribution in [0.3, 0.4) is 0 Å². The minimum Gasteiger partial charge on any atom is -0.323 e. The van der Waals surface area contributed by atoms with Gasteiger partial charge in [0.2, 0.25) is 5.91 Å². The number of hydrogen-bond donors (Lipinski definition) is 2. The summed E-state index contributed by atoms with van der Waals surface area (Å²) in [5.41, 5.74) is 0.190. The van der Waals surface area contributed by atoms with E-state index < -0.39 is 5.82 Å². The van der Waals surface area contributed by atoms with Gasteiger partial charge in [-0.15, -0.1) is 12.4 Å². The first-order valence-electron chi connectivity index (χ1n) is 6.05. The molecule has 19 heavy (non-hydrogen) atoms. The minimum atomic E-state index is -0.502. The lowest BCUT2D eigenvalue weighted by molar-refractivity contribution is -0.120. The topological polar surface area (TPSA) is 41.1 Å². The van der Waals surface area contributed by atoms with Crippen LogP contribution in [0.4, 0.5) is 10.1 Å². The maximum Gasteiger partial charge on any atom is 0.227 e. The van der Waals surface area contributed by atoms with Crippen LogP contribution in [0.1, 0.15) is 19.8 Å². The normalized spacial score (nSPS) is 22.5. The van der Waals surface area contributed by atoms with Gasteiger partial charge in [-0.3, -0.25) is 4.79 Å². The average Bonchev–Trinajstić information content (AvgIpc) is 2.32. The molecule has 0 aliphatic carbocycles. The van der Waals surface area contributed by atoms with Crippen molar-refractivity contribution in [3.05, 3.63) is 29.0 Å². The van der Waals surface area contributed by atoms with Crippen molar-refractivity contribution in [2.75, 3.05) is 11.9 Å². The van der Waals surface area contributed by atoms with Crippen LogP contribution < -0.4 is 10.6 Å². The van der Waals surface area contributed by atoms with Crippen molar-refractivity contribution in [1.29, 1.82) is 0 Å². The molecule has 1 aromatic rings. The van der Waals surface area contributed by atoms with E-state index in [-0.39, 0.29) is 29.9 Å². The van der Waals surface area contributed by atoms with Crippen molar-refractivity contribution >= 4 is 35.6 Å². The van der Waals surface area contributed by atoms with E-state index in [0.29, 0.717) is 11.1 Å². The Balaban J connectivity index is 0.00000180. The summed E-state index contributed by atoms with van der Waals surface area (Å²) in [6.07, 6.45) is 1.56. The predicted molar refractivity (Wildman–Crippen MR) is 77.5 cm³/mol. The van der Waals surface area contributed by atoms with E-state index in [1.165, 1.54) is 12.1 Å². The van der Waals surface area contributed by atoms with E-state index in [4.69, 9.17) is 11.6 Å². The highest BCUT2D eigenvalue weighted by Crippen LogP contribution is 2.22. The number of hydrogen-bond acceptors (Lipinski definition) is 2. The van der Waals surface area contributed by atoms with Gasteiger partial charge in [-0.1, -0.05) is 11.6 Å². The van der Waals surface area contributed by atoms with Gasteiger partial charge in [0.05, 0.1) is 5.69 Å². The van der Waals surface area contributed by atoms with Crippen molar-refractivity contribution in [3.63, 3.8) is 0 Å². The molecular formula is C13H17Cl2FN2O. The number of halogens is 3. The first-order valence-corrected chi connectivity index (χ1v) is 6.43. The molecule has 2 atom stereocenters. The maximum absolute atomic E-state index is 13.5. The summed E-state index contributed by atoms with van der Waals surface area (Å²) in [7, 11) is 0. The zero-order chi connectivity index (χ0) is 13.1. The Morgan fingerprint density at radius 2 is 2.26 bits per heavy atom. The van der Waals surface area contributed by atoms with Crippen molar-refractivity contribution in [3.8, 4) is 0 Å². The van der Waals surface area contributed by atoms with Crippen LogP contribution in [0.25, 0.3) is 0 Å². The van der Waals surface area contributed by atoms with Crippen LogP contribution in [0.15, 0.2) is 18.2 Å². The molecule has 0 aromatic heterocycles. The Bertz CT molecular complexity index is 456. The number of nitrogens with one attached hydrogen (secondary N) is 2. The van der Waals surface area contributed by atoms with Gasteiger partial charge in [-0.2, -0.15) is 0 Å². The van der Waals surface area contributed by atoms with Crippen molar-refractivity contribution in [2.45, 2.75) is 25.8 Å². The van der Waals surface area contributed by atoms with Gasteiger partial charge in [0.1, 0.15) is 5.82 Å². The van der Waals surface area contributed by atoms with E-state index in [9.17, 15) is 9.18 Å². The highest BCUT2D eigenvalue weighted by molar-refractivity contribution is 6.30. The minimum absolute atomic E-state index is 0. The average molecular weight is 307 g/mol. The number of benzene rings is 1. The number of amides is 1. The summed E-state index contributed by atoms with van der Waals surface area (Å²) >= 11 is 5.66. The van der Waals surface area contributed by atoms with Crippen LogP contribution in [-0.4, -0.2) is 18.5 Å². The van der Waals surface area contributed by atoms with E-state index in [0.717, 1.165) is 19.4 Å². The lowest BCUT2D eigenvalue weighted by Crippen LogP contribution is -2.40. The molecule has 1 amide bonds. The molecular weight excluding hydrogens is 290 g/mol. The van der Waals surface area contributed by atoms with Crippen LogP contribution >= 0.6 is 24.0 Å². The molecule has 0 radical (unpaired) electrons. The van der Waals surface area contributed by atoms with Gasteiger partial charge in [0.25, 0.3) is 0 Å². The number of rotatable bonds is 2. The fourth-order valence-electron chi connectivity index (χ4n) is 2.20. The van der Waals surface area contributed by atoms with Gasteiger partial charge in [0, 0.05) is 17.0 Å². The van der Waals surface area contributed by atoms with Crippen LogP contribution in [0.2, 0.25) is 5.02 Å². The number of anilines is 1. The van der Waals surface area contributed by atoms with E-state index in [1.54, 1.807) is 6.07 Å². The van der Waals surface area contributed by atoms with Crippen LogP contribution in [-0.2, 0) is 4.79 Å². The lowest BCUT2D eigenvalue weighted by Gasteiger charge is -2.27. The SMILES string of the molecule is C[C@H]1C[C@@H](C(=O)Nc2ccc(Cl)cc2F)CCN1.Cl. The molecule has 1 fully saturated rings. The molecule has 1 aromatic carbocycles. The first kappa shape index (κ1) is 16.2. The Morgan fingerprint density at radius 3 is 2.89 bits per heavy atom. The fraction of sp³-hybridized carbons (Fsp3) is 0.462. The van der Waals surface area contributed by atoms with E-state index in [1.807, 2.05) is 6.92 Å². The number of piperidine rings is 1. The second-order valence-electron chi connectivity index (χ2n) is 4.69. The molecule has 0 saturated carbocycles. The van der Waals surface area contributed by atoms with Crippen molar-refractivity contribution < 1.29 is 9.18 Å². The van der Waals surface area contributed by atoms with E-state index in [2.05, 4.69) is 10.6 Å². The summed E-state index contributed by atoms with van der Waals surface area (Å²) in [6.45, 7) is 2.87. The van der Waals surface area contributed by atoms with Crippen molar-refractivity contribution in [2.24, 2.45) is 5.92 Å². The molecule has 1 heterocycles. The second kappa shape index (κ2) is 7.08. The molecule has 3 nitrogen and oxygen atoms in total. The van der Waals surface area contributed by atoms with Gasteiger partial charge in [-0.25, -0.2) is 4.39 Å². The zero-order valence-electron chi connectivity index (χ0n) is 10.6. The molecule has 6 heteroatoms. The molecule has 1 aliphatic heterocycles. The molecule has 2 rings (SSSR count). The highest BCUT2D eigenvalue weighted by Gasteiger charge is 2.25.